The molecule has 148 valence electrons. The third kappa shape index (κ3) is 8.59. The summed E-state index contributed by atoms with van der Waals surface area (Å²) in [5, 5.41) is 6.56. The first-order chi connectivity index (χ1) is 13.0. The number of aromatic nitrogens is 1. The number of hydrogen-bond acceptors (Lipinski definition) is 5. The van der Waals surface area contributed by atoms with Gasteiger partial charge in [0.05, 0.1) is 19.4 Å². The molecule has 0 aliphatic heterocycles. The van der Waals surface area contributed by atoms with Gasteiger partial charge in [-0.3, -0.25) is 0 Å². The fourth-order valence-corrected chi connectivity index (χ4v) is 2.25. The van der Waals surface area contributed by atoms with Crippen molar-refractivity contribution in [1.82, 2.24) is 15.6 Å². The number of hydrogen-bond donors (Lipinski definition) is 2. The summed E-state index contributed by atoms with van der Waals surface area (Å²) in [4.78, 5) is 8.96. The molecule has 2 aromatic heterocycles. The third-order valence-corrected chi connectivity index (χ3v) is 3.47. The molecule has 7 heteroatoms. The zero-order valence-electron chi connectivity index (χ0n) is 16.6. The van der Waals surface area contributed by atoms with Crippen LogP contribution in [0.25, 0.3) is 0 Å². The van der Waals surface area contributed by atoms with E-state index in [-0.39, 0.29) is 5.60 Å². The number of furan rings is 1. The van der Waals surface area contributed by atoms with Gasteiger partial charge in [-0.05, 0) is 38.5 Å². The van der Waals surface area contributed by atoms with Crippen LogP contribution in [0.3, 0.4) is 0 Å². The van der Waals surface area contributed by atoms with E-state index in [0.717, 1.165) is 30.2 Å². The average molecular weight is 374 g/mol. The zero-order valence-corrected chi connectivity index (χ0v) is 16.6. The van der Waals surface area contributed by atoms with E-state index < -0.39 is 0 Å². The zero-order chi connectivity index (χ0) is 19.5. The summed E-state index contributed by atoms with van der Waals surface area (Å²) >= 11 is 0. The van der Waals surface area contributed by atoms with E-state index in [0.29, 0.717) is 25.6 Å². The van der Waals surface area contributed by atoms with Crippen LogP contribution in [-0.4, -0.2) is 43.4 Å². The lowest BCUT2D eigenvalue weighted by Gasteiger charge is -2.20. The van der Waals surface area contributed by atoms with Crippen molar-refractivity contribution in [2.45, 2.75) is 39.3 Å². The lowest BCUT2D eigenvalue weighted by atomic mass is 10.2. The second-order valence-corrected chi connectivity index (χ2v) is 7.06. The Balaban J connectivity index is 1.89. The summed E-state index contributed by atoms with van der Waals surface area (Å²) in [6.45, 7) is 8.53. The van der Waals surface area contributed by atoms with Crippen molar-refractivity contribution < 1.29 is 13.9 Å². The maximum Gasteiger partial charge on any atom is 0.213 e. The van der Waals surface area contributed by atoms with Crippen molar-refractivity contribution in [3.05, 3.63) is 48.0 Å². The molecule has 7 nitrogen and oxygen atoms in total. The Hall–Kier alpha value is -2.54. The van der Waals surface area contributed by atoms with Gasteiger partial charge in [-0.1, -0.05) is 6.07 Å². The highest BCUT2D eigenvalue weighted by molar-refractivity contribution is 5.79. The molecule has 0 aliphatic rings. The topological polar surface area (TPSA) is 80.9 Å². The highest BCUT2D eigenvalue weighted by Gasteiger charge is 2.12. The minimum atomic E-state index is -0.261. The van der Waals surface area contributed by atoms with Crippen LogP contribution in [-0.2, 0) is 17.7 Å². The van der Waals surface area contributed by atoms with Crippen LogP contribution >= 0.6 is 0 Å². The molecule has 27 heavy (non-hydrogen) atoms. The molecule has 2 rings (SSSR count). The summed E-state index contributed by atoms with van der Waals surface area (Å²) in [6, 6.07) is 7.70. The minimum absolute atomic E-state index is 0.261. The Labute approximate surface area is 161 Å². The van der Waals surface area contributed by atoms with Gasteiger partial charge in [-0.25, -0.2) is 9.98 Å². The van der Waals surface area contributed by atoms with Crippen LogP contribution in [0, 0.1) is 0 Å². The van der Waals surface area contributed by atoms with E-state index in [2.05, 4.69) is 20.6 Å². The van der Waals surface area contributed by atoms with Gasteiger partial charge in [0.2, 0.25) is 5.88 Å². The maximum absolute atomic E-state index is 5.74. The molecule has 0 atom stereocenters. The van der Waals surface area contributed by atoms with Gasteiger partial charge in [0.15, 0.2) is 5.96 Å². The molecule has 0 radical (unpaired) electrons. The smallest absolute Gasteiger partial charge is 0.213 e. The number of guanidine groups is 1. The molecule has 0 fully saturated rings. The summed E-state index contributed by atoms with van der Waals surface area (Å²) in [5.41, 5.74) is 0.748. The Morgan fingerprint density at radius 2 is 2.00 bits per heavy atom. The van der Waals surface area contributed by atoms with Crippen molar-refractivity contribution >= 4 is 5.96 Å². The number of methoxy groups -OCH3 is 1. The molecule has 0 aliphatic carbocycles. The molecule has 0 saturated heterocycles. The van der Waals surface area contributed by atoms with Gasteiger partial charge in [0.1, 0.15) is 11.4 Å². The summed E-state index contributed by atoms with van der Waals surface area (Å²) in [6.07, 6.45) is 4.26. The first-order valence-electron chi connectivity index (χ1n) is 9.14. The van der Waals surface area contributed by atoms with Gasteiger partial charge < -0.3 is 24.5 Å². The molecule has 0 unspecified atom stereocenters. The number of nitrogens with zero attached hydrogens (tertiary/aromatic N) is 2. The molecule has 0 bridgehead atoms. The largest absolute Gasteiger partial charge is 0.472 e. The van der Waals surface area contributed by atoms with E-state index in [1.165, 1.54) is 0 Å². The fourth-order valence-electron chi connectivity index (χ4n) is 2.25. The van der Waals surface area contributed by atoms with Crippen molar-refractivity contribution in [3.8, 4) is 5.88 Å². The number of ether oxygens (including phenoxy) is 2. The second kappa shape index (κ2) is 10.6. The molecule has 2 heterocycles. The highest BCUT2D eigenvalue weighted by atomic mass is 16.5. The van der Waals surface area contributed by atoms with E-state index in [9.17, 15) is 0 Å². The van der Waals surface area contributed by atoms with Crippen LogP contribution in [0.5, 0.6) is 5.88 Å². The predicted octanol–water partition coefficient (Wildman–Crippen LogP) is 2.78. The molecule has 0 amide bonds. The second-order valence-electron chi connectivity index (χ2n) is 7.06. The summed E-state index contributed by atoms with van der Waals surface area (Å²) in [7, 11) is 1.68. The quantitative estimate of drug-likeness (QED) is 0.399. The van der Waals surface area contributed by atoms with Gasteiger partial charge in [0, 0.05) is 38.9 Å². The van der Waals surface area contributed by atoms with Crippen molar-refractivity contribution in [2.75, 3.05) is 26.8 Å². The van der Waals surface area contributed by atoms with E-state index in [1.54, 1.807) is 19.6 Å². The molecule has 0 aromatic carbocycles. The molecule has 0 spiro atoms. The molecular weight excluding hydrogens is 344 g/mol. The monoisotopic (exact) mass is 374 g/mol. The maximum atomic E-state index is 5.74. The SMILES string of the molecule is COCCNC(=NCc1ccc(OC(C)(C)C)nc1)NCCc1ccco1. The Bertz CT molecular complexity index is 676. The Morgan fingerprint density at radius 3 is 2.63 bits per heavy atom. The minimum Gasteiger partial charge on any atom is -0.472 e. The summed E-state index contributed by atoms with van der Waals surface area (Å²) in [5.74, 6) is 2.29. The Kier molecular flexibility index (Phi) is 8.13. The Morgan fingerprint density at radius 1 is 1.19 bits per heavy atom. The van der Waals surface area contributed by atoms with Crippen LogP contribution < -0.4 is 15.4 Å². The number of pyridine rings is 1. The molecular formula is C20H30N4O3. The van der Waals surface area contributed by atoms with Crippen molar-refractivity contribution in [2.24, 2.45) is 4.99 Å². The van der Waals surface area contributed by atoms with Crippen molar-refractivity contribution in [3.63, 3.8) is 0 Å². The van der Waals surface area contributed by atoms with E-state index in [1.807, 2.05) is 45.0 Å². The van der Waals surface area contributed by atoms with Gasteiger partial charge >= 0.3 is 0 Å². The predicted molar refractivity (Wildman–Crippen MR) is 106 cm³/mol. The van der Waals surface area contributed by atoms with Crippen LogP contribution in [0.2, 0.25) is 0 Å². The average Bonchev–Trinajstić information content (AvgIpc) is 3.13. The molecule has 0 saturated carbocycles. The first-order valence-corrected chi connectivity index (χ1v) is 9.14. The van der Waals surface area contributed by atoms with E-state index in [4.69, 9.17) is 13.9 Å². The lowest BCUT2D eigenvalue weighted by molar-refractivity contribution is 0.124. The van der Waals surface area contributed by atoms with Gasteiger partial charge in [-0.2, -0.15) is 0 Å². The number of rotatable bonds is 9. The number of nitrogens with one attached hydrogen (secondary N) is 2. The van der Waals surface area contributed by atoms with E-state index >= 15 is 0 Å². The molecule has 2 aromatic rings. The summed E-state index contributed by atoms with van der Waals surface area (Å²) < 4.78 is 16.2. The molecule has 2 N–H and O–H groups in total. The van der Waals surface area contributed by atoms with Gasteiger partial charge in [-0.15, -0.1) is 0 Å². The van der Waals surface area contributed by atoms with Crippen LogP contribution in [0.1, 0.15) is 32.1 Å². The normalized spacial score (nSPS) is 12.1. The van der Waals surface area contributed by atoms with Crippen LogP contribution in [0.15, 0.2) is 46.1 Å². The highest BCUT2D eigenvalue weighted by Crippen LogP contribution is 2.15. The first kappa shape index (κ1) is 20.8. The number of aliphatic imine (C=N–C) groups is 1. The van der Waals surface area contributed by atoms with Crippen LogP contribution in [0.4, 0.5) is 0 Å². The van der Waals surface area contributed by atoms with Gasteiger partial charge in [0.25, 0.3) is 0 Å². The standard InChI is InChI=1S/C20H30N4O3/c1-20(2,3)27-18-8-7-16(14-23-18)15-24-19(22-11-13-25-4)21-10-9-17-6-5-12-26-17/h5-8,12,14H,9-11,13,15H2,1-4H3,(H2,21,22,24). The third-order valence-electron chi connectivity index (χ3n) is 3.47. The lowest BCUT2D eigenvalue weighted by Crippen LogP contribution is -2.40. The fraction of sp³-hybridized carbons (Fsp3) is 0.500. The van der Waals surface area contributed by atoms with Crippen molar-refractivity contribution in [1.29, 1.82) is 0 Å².